The molecule has 2 heterocycles. The fraction of sp³-hybridized carbons (Fsp3) is 0.375. The van der Waals surface area contributed by atoms with Crippen molar-refractivity contribution >= 4 is 5.91 Å². The zero-order valence-electron chi connectivity index (χ0n) is 12.4. The maximum atomic E-state index is 11.4. The molecule has 0 spiro atoms. The Labute approximate surface area is 129 Å². The van der Waals surface area contributed by atoms with Gasteiger partial charge in [0.05, 0.1) is 5.69 Å². The molecule has 1 aromatic heterocycles. The Kier molecular flexibility index (Phi) is 3.96. The molecule has 0 bridgehead atoms. The van der Waals surface area contributed by atoms with E-state index in [0.29, 0.717) is 19.5 Å². The molecule has 1 aliphatic rings. The van der Waals surface area contributed by atoms with Gasteiger partial charge in [-0.1, -0.05) is 12.1 Å². The summed E-state index contributed by atoms with van der Waals surface area (Å²) >= 11 is 0. The second kappa shape index (κ2) is 5.90. The van der Waals surface area contributed by atoms with Crippen LogP contribution in [0.3, 0.4) is 0 Å². The minimum absolute atomic E-state index is 0.295. The highest BCUT2D eigenvalue weighted by Gasteiger charge is 2.38. The van der Waals surface area contributed by atoms with Crippen LogP contribution in [0.4, 0.5) is 0 Å². The van der Waals surface area contributed by atoms with Crippen LogP contribution in [0.1, 0.15) is 18.4 Å². The topological polar surface area (TPSA) is 84.4 Å². The van der Waals surface area contributed by atoms with E-state index in [0.717, 1.165) is 24.2 Å². The maximum Gasteiger partial charge on any atom is 0.250 e. The monoisotopic (exact) mass is 300 g/mol. The summed E-state index contributed by atoms with van der Waals surface area (Å²) in [6.07, 6.45) is 4.85. The zero-order chi connectivity index (χ0) is 15.6. The van der Waals surface area contributed by atoms with E-state index in [1.807, 2.05) is 36.5 Å². The minimum Gasteiger partial charge on any atom is -0.379 e. The number of nitrogens with two attached hydrogens (primary N) is 1. The second-order valence-corrected chi connectivity index (χ2v) is 5.83. The highest BCUT2D eigenvalue weighted by Crippen LogP contribution is 2.22. The summed E-state index contributed by atoms with van der Waals surface area (Å²) in [4.78, 5) is 13.5. The number of carbonyl (C=O) groups excluding carboxylic acids is 1. The van der Waals surface area contributed by atoms with Crippen molar-refractivity contribution in [3.63, 3.8) is 0 Å². The highest BCUT2D eigenvalue weighted by molar-refractivity contribution is 5.83. The van der Waals surface area contributed by atoms with Gasteiger partial charge in [-0.05, 0) is 43.1 Å². The van der Waals surface area contributed by atoms with Crippen molar-refractivity contribution < 1.29 is 9.90 Å². The number of carbonyl (C=O) groups is 1. The molecule has 1 amide bonds. The molecule has 3 N–H and O–H groups in total. The lowest BCUT2D eigenvalue weighted by Gasteiger charge is -2.37. The largest absolute Gasteiger partial charge is 0.379 e. The molecule has 116 valence electrons. The van der Waals surface area contributed by atoms with Crippen molar-refractivity contribution in [2.24, 2.45) is 5.73 Å². The molecule has 0 aliphatic carbocycles. The summed E-state index contributed by atoms with van der Waals surface area (Å²) in [5.74, 6) is -0.633. The van der Waals surface area contributed by atoms with Crippen LogP contribution >= 0.6 is 0 Å². The van der Waals surface area contributed by atoms with Crippen molar-refractivity contribution in [1.82, 2.24) is 14.7 Å². The summed E-state index contributed by atoms with van der Waals surface area (Å²) in [5.41, 5.74) is 6.04. The van der Waals surface area contributed by atoms with Crippen LogP contribution in [0.5, 0.6) is 0 Å². The molecule has 0 radical (unpaired) electrons. The maximum absolute atomic E-state index is 11.4. The van der Waals surface area contributed by atoms with Crippen molar-refractivity contribution in [1.29, 1.82) is 0 Å². The Morgan fingerprint density at radius 3 is 2.77 bits per heavy atom. The molecule has 0 unspecified atom stereocenters. The van der Waals surface area contributed by atoms with Crippen LogP contribution in [0.2, 0.25) is 0 Å². The first-order chi connectivity index (χ1) is 10.6. The van der Waals surface area contributed by atoms with Gasteiger partial charge in [0.2, 0.25) is 0 Å². The number of hydrogen-bond donors (Lipinski definition) is 2. The highest BCUT2D eigenvalue weighted by atomic mass is 16.3. The number of aliphatic hydroxyl groups is 1. The fourth-order valence-corrected chi connectivity index (χ4v) is 2.89. The Morgan fingerprint density at radius 2 is 2.14 bits per heavy atom. The summed E-state index contributed by atoms with van der Waals surface area (Å²) < 4.78 is 1.80. The van der Waals surface area contributed by atoms with Gasteiger partial charge in [0, 0.05) is 25.5 Å². The number of rotatable bonds is 4. The molecular formula is C16H20N4O2. The van der Waals surface area contributed by atoms with Crippen molar-refractivity contribution in [2.45, 2.75) is 25.0 Å². The van der Waals surface area contributed by atoms with Gasteiger partial charge in [-0.3, -0.25) is 9.69 Å². The summed E-state index contributed by atoms with van der Waals surface area (Å²) in [6, 6.07) is 9.97. The summed E-state index contributed by atoms with van der Waals surface area (Å²) in [5, 5.41) is 14.4. The van der Waals surface area contributed by atoms with Gasteiger partial charge in [0.1, 0.15) is 0 Å². The second-order valence-electron chi connectivity index (χ2n) is 5.83. The van der Waals surface area contributed by atoms with E-state index in [1.54, 1.807) is 10.9 Å². The van der Waals surface area contributed by atoms with Crippen LogP contribution in [-0.2, 0) is 11.3 Å². The van der Waals surface area contributed by atoms with Crippen LogP contribution in [0.25, 0.3) is 5.69 Å². The molecule has 1 aliphatic heterocycles. The smallest absolute Gasteiger partial charge is 0.250 e. The van der Waals surface area contributed by atoms with E-state index >= 15 is 0 Å². The standard InChI is InChI=1S/C16H20N4O2/c17-15(21)16(22)7-1-9-19(12-16)11-13-3-5-14(6-4-13)20-10-2-8-18-20/h2-6,8,10,22H,1,7,9,11-12H2,(H2,17,21)/t16-/m1/s1. The molecular weight excluding hydrogens is 280 g/mol. The van der Waals surface area contributed by atoms with E-state index in [1.165, 1.54) is 0 Å². The molecule has 3 rings (SSSR count). The first kappa shape index (κ1) is 14.7. The molecule has 22 heavy (non-hydrogen) atoms. The van der Waals surface area contributed by atoms with Crippen molar-refractivity contribution in [2.75, 3.05) is 13.1 Å². The van der Waals surface area contributed by atoms with Gasteiger partial charge in [0.15, 0.2) is 5.60 Å². The number of amides is 1. The van der Waals surface area contributed by atoms with Crippen LogP contribution in [0, 0.1) is 0 Å². The summed E-state index contributed by atoms with van der Waals surface area (Å²) in [6.45, 7) is 1.84. The number of β-amino-alcohol motifs (C(OH)–C–C–N with tert-alkyl or cyclic N) is 1. The van der Waals surface area contributed by atoms with Gasteiger partial charge < -0.3 is 10.8 Å². The zero-order valence-corrected chi connectivity index (χ0v) is 12.4. The molecule has 1 saturated heterocycles. The van der Waals surface area contributed by atoms with E-state index in [-0.39, 0.29) is 0 Å². The molecule has 2 aromatic rings. The van der Waals surface area contributed by atoms with Gasteiger partial charge in [-0.25, -0.2) is 4.68 Å². The Bertz CT molecular complexity index is 639. The Morgan fingerprint density at radius 1 is 1.36 bits per heavy atom. The normalized spacial score (nSPS) is 22.6. The number of piperidine rings is 1. The third-order valence-corrected chi connectivity index (χ3v) is 4.12. The molecule has 1 fully saturated rings. The molecule has 6 heteroatoms. The van der Waals surface area contributed by atoms with Gasteiger partial charge in [-0.2, -0.15) is 5.10 Å². The quantitative estimate of drug-likeness (QED) is 0.870. The first-order valence-electron chi connectivity index (χ1n) is 7.40. The lowest BCUT2D eigenvalue weighted by Crippen LogP contribution is -2.55. The third kappa shape index (κ3) is 3.03. The predicted octanol–water partition coefficient (Wildman–Crippen LogP) is 0.684. The van der Waals surface area contributed by atoms with Crippen LogP contribution < -0.4 is 5.73 Å². The number of nitrogens with zero attached hydrogens (tertiary/aromatic N) is 3. The Balaban J connectivity index is 1.67. The Hall–Kier alpha value is -2.18. The van der Waals surface area contributed by atoms with Crippen molar-refractivity contribution in [3.05, 3.63) is 48.3 Å². The molecule has 0 saturated carbocycles. The lowest BCUT2D eigenvalue weighted by molar-refractivity contribution is -0.142. The summed E-state index contributed by atoms with van der Waals surface area (Å²) in [7, 11) is 0. The number of benzene rings is 1. The lowest BCUT2D eigenvalue weighted by atomic mass is 9.92. The van der Waals surface area contributed by atoms with Gasteiger partial charge in [-0.15, -0.1) is 0 Å². The van der Waals surface area contributed by atoms with Gasteiger partial charge >= 0.3 is 0 Å². The van der Waals surface area contributed by atoms with Crippen LogP contribution in [0.15, 0.2) is 42.7 Å². The molecule has 1 atom stereocenters. The van der Waals surface area contributed by atoms with Crippen molar-refractivity contribution in [3.8, 4) is 5.69 Å². The average Bonchev–Trinajstić information content (AvgIpc) is 3.02. The first-order valence-corrected chi connectivity index (χ1v) is 7.40. The number of hydrogen-bond acceptors (Lipinski definition) is 4. The van der Waals surface area contributed by atoms with E-state index in [9.17, 15) is 9.90 Å². The van der Waals surface area contributed by atoms with E-state index in [4.69, 9.17) is 5.73 Å². The van der Waals surface area contributed by atoms with Gasteiger partial charge in [0.25, 0.3) is 5.91 Å². The predicted molar refractivity (Wildman–Crippen MR) is 82.2 cm³/mol. The number of primary amides is 1. The van der Waals surface area contributed by atoms with Crippen LogP contribution in [-0.4, -0.2) is 44.4 Å². The van der Waals surface area contributed by atoms with E-state index in [2.05, 4.69) is 10.00 Å². The fourth-order valence-electron chi connectivity index (χ4n) is 2.89. The molecule has 1 aromatic carbocycles. The minimum atomic E-state index is -1.40. The number of likely N-dealkylation sites (tertiary alicyclic amines) is 1. The number of aromatic nitrogens is 2. The SMILES string of the molecule is NC(=O)[C@@]1(O)CCCN(Cc2ccc(-n3cccn3)cc2)C1. The third-order valence-electron chi connectivity index (χ3n) is 4.12. The van der Waals surface area contributed by atoms with E-state index < -0.39 is 11.5 Å². The molecule has 6 nitrogen and oxygen atoms in total. The average molecular weight is 300 g/mol.